The molecular formula is C12H15N3S. The number of rotatable bonds is 4. The summed E-state index contributed by atoms with van der Waals surface area (Å²) >= 11 is 1.70. The molecule has 0 aliphatic heterocycles. The lowest BCUT2D eigenvalue weighted by Gasteiger charge is -2.14. The van der Waals surface area contributed by atoms with Gasteiger partial charge in [0, 0.05) is 5.69 Å². The molecule has 0 amide bonds. The van der Waals surface area contributed by atoms with E-state index in [-0.39, 0.29) is 6.04 Å². The van der Waals surface area contributed by atoms with Crippen LogP contribution >= 0.6 is 11.3 Å². The van der Waals surface area contributed by atoms with E-state index in [9.17, 15) is 0 Å². The van der Waals surface area contributed by atoms with Crippen LogP contribution in [0.25, 0.3) is 0 Å². The van der Waals surface area contributed by atoms with E-state index in [4.69, 9.17) is 5.84 Å². The molecule has 16 heavy (non-hydrogen) atoms. The van der Waals surface area contributed by atoms with Gasteiger partial charge in [-0.15, -0.1) is 0 Å². The summed E-state index contributed by atoms with van der Waals surface area (Å²) in [5.74, 6) is 5.58. The van der Waals surface area contributed by atoms with Gasteiger partial charge < -0.3 is 0 Å². The minimum absolute atomic E-state index is 0.0782. The minimum Gasteiger partial charge on any atom is -0.271 e. The number of thiophene rings is 1. The zero-order valence-corrected chi connectivity index (χ0v) is 10.00. The Morgan fingerprint density at radius 2 is 2.31 bits per heavy atom. The Kier molecular flexibility index (Phi) is 3.66. The van der Waals surface area contributed by atoms with Crippen LogP contribution < -0.4 is 11.3 Å². The quantitative estimate of drug-likeness (QED) is 0.629. The zero-order chi connectivity index (χ0) is 11.4. The van der Waals surface area contributed by atoms with Gasteiger partial charge in [0.15, 0.2) is 0 Å². The molecule has 2 rings (SSSR count). The number of nitrogens with two attached hydrogens (primary N) is 1. The molecule has 2 aromatic heterocycles. The fourth-order valence-electron chi connectivity index (χ4n) is 1.65. The molecule has 1 atom stereocenters. The van der Waals surface area contributed by atoms with E-state index in [0.717, 1.165) is 17.8 Å². The summed E-state index contributed by atoms with van der Waals surface area (Å²) in [4.78, 5) is 4.49. The Balaban J connectivity index is 2.16. The van der Waals surface area contributed by atoms with Crippen molar-refractivity contribution in [2.24, 2.45) is 5.84 Å². The summed E-state index contributed by atoms with van der Waals surface area (Å²) in [6, 6.07) is 8.20. The fraction of sp³-hybridized carbons (Fsp3) is 0.250. The highest BCUT2D eigenvalue weighted by Gasteiger charge is 2.12. The van der Waals surface area contributed by atoms with Gasteiger partial charge >= 0.3 is 0 Å². The maximum Gasteiger partial charge on any atom is 0.0672 e. The van der Waals surface area contributed by atoms with E-state index >= 15 is 0 Å². The van der Waals surface area contributed by atoms with Crippen LogP contribution in [0.3, 0.4) is 0 Å². The number of aryl methyl sites for hydroxylation is 1. The van der Waals surface area contributed by atoms with Gasteiger partial charge in [0.2, 0.25) is 0 Å². The van der Waals surface area contributed by atoms with Gasteiger partial charge in [0.25, 0.3) is 0 Å². The van der Waals surface area contributed by atoms with Crippen LogP contribution in [0.5, 0.6) is 0 Å². The van der Waals surface area contributed by atoms with Gasteiger partial charge in [-0.25, -0.2) is 0 Å². The zero-order valence-electron chi connectivity index (χ0n) is 9.18. The molecule has 0 spiro atoms. The van der Waals surface area contributed by atoms with Crippen LogP contribution in [-0.2, 0) is 6.42 Å². The van der Waals surface area contributed by atoms with Crippen LogP contribution in [0, 0.1) is 6.92 Å². The van der Waals surface area contributed by atoms with E-state index in [1.165, 1.54) is 5.56 Å². The molecule has 0 bridgehead atoms. The van der Waals surface area contributed by atoms with Crippen molar-refractivity contribution in [1.82, 2.24) is 10.4 Å². The molecule has 0 saturated carbocycles. The molecule has 2 heterocycles. The predicted octanol–water partition coefficient (Wildman–Crippen LogP) is 2.20. The van der Waals surface area contributed by atoms with Gasteiger partial charge in [-0.05, 0) is 47.9 Å². The first kappa shape index (κ1) is 11.3. The molecule has 0 aromatic carbocycles. The highest BCUT2D eigenvalue weighted by molar-refractivity contribution is 7.07. The Morgan fingerprint density at radius 3 is 2.94 bits per heavy atom. The third-order valence-corrected chi connectivity index (χ3v) is 3.22. The molecule has 0 radical (unpaired) electrons. The van der Waals surface area contributed by atoms with Gasteiger partial charge in [-0.1, -0.05) is 6.07 Å². The lowest BCUT2D eigenvalue weighted by atomic mass is 10.1. The topological polar surface area (TPSA) is 50.9 Å². The van der Waals surface area contributed by atoms with E-state index in [2.05, 4.69) is 27.2 Å². The summed E-state index contributed by atoms with van der Waals surface area (Å²) < 4.78 is 0. The van der Waals surface area contributed by atoms with E-state index in [0.29, 0.717) is 0 Å². The first-order valence-electron chi connectivity index (χ1n) is 5.20. The average molecular weight is 233 g/mol. The SMILES string of the molecule is Cc1cccc(C(Cc2ccsc2)NN)n1. The predicted molar refractivity (Wildman–Crippen MR) is 67.1 cm³/mol. The van der Waals surface area contributed by atoms with Crippen LogP contribution in [0.2, 0.25) is 0 Å². The van der Waals surface area contributed by atoms with Crippen molar-refractivity contribution in [1.29, 1.82) is 0 Å². The Morgan fingerprint density at radius 1 is 1.44 bits per heavy atom. The number of pyridine rings is 1. The van der Waals surface area contributed by atoms with Crippen LogP contribution in [0.15, 0.2) is 35.0 Å². The summed E-state index contributed by atoms with van der Waals surface area (Å²) in [6.07, 6.45) is 0.871. The number of hydrazine groups is 1. The molecule has 4 heteroatoms. The molecule has 0 aliphatic carbocycles. The monoisotopic (exact) mass is 233 g/mol. The summed E-state index contributed by atoms with van der Waals surface area (Å²) in [7, 11) is 0. The average Bonchev–Trinajstić information content (AvgIpc) is 2.78. The van der Waals surface area contributed by atoms with Gasteiger partial charge in [0.1, 0.15) is 0 Å². The maximum absolute atomic E-state index is 5.58. The summed E-state index contributed by atoms with van der Waals surface area (Å²) in [6.45, 7) is 1.99. The molecule has 3 N–H and O–H groups in total. The number of nitrogens with zero attached hydrogens (tertiary/aromatic N) is 1. The molecule has 0 fully saturated rings. The van der Waals surface area contributed by atoms with Crippen molar-refractivity contribution in [3.8, 4) is 0 Å². The van der Waals surface area contributed by atoms with Gasteiger partial charge in [-0.2, -0.15) is 11.3 Å². The molecule has 0 aliphatic rings. The largest absolute Gasteiger partial charge is 0.271 e. The van der Waals surface area contributed by atoms with Crippen molar-refractivity contribution >= 4 is 11.3 Å². The molecule has 0 saturated heterocycles. The Bertz CT molecular complexity index is 439. The number of hydrogen-bond donors (Lipinski definition) is 2. The number of nitrogens with one attached hydrogen (secondary N) is 1. The first-order valence-corrected chi connectivity index (χ1v) is 6.14. The van der Waals surface area contributed by atoms with Crippen molar-refractivity contribution in [3.05, 3.63) is 52.0 Å². The summed E-state index contributed by atoms with van der Waals surface area (Å²) in [5.41, 5.74) is 6.13. The van der Waals surface area contributed by atoms with E-state index in [1.807, 2.05) is 25.1 Å². The normalized spacial score (nSPS) is 12.6. The second-order valence-corrected chi connectivity index (χ2v) is 4.54. The molecule has 3 nitrogen and oxygen atoms in total. The minimum atomic E-state index is 0.0782. The highest BCUT2D eigenvalue weighted by Crippen LogP contribution is 2.17. The van der Waals surface area contributed by atoms with Gasteiger partial charge in [0.05, 0.1) is 11.7 Å². The molecule has 1 unspecified atom stereocenters. The maximum atomic E-state index is 5.58. The third-order valence-electron chi connectivity index (χ3n) is 2.49. The lowest BCUT2D eigenvalue weighted by Crippen LogP contribution is -2.30. The van der Waals surface area contributed by atoms with Crippen molar-refractivity contribution in [3.63, 3.8) is 0 Å². The number of aromatic nitrogens is 1. The number of hydrogen-bond acceptors (Lipinski definition) is 4. The van der Waals surface area contributed by atoms with Crippen LogP contribution in [0.4, 0.5) is 0 Å². The first-order chi connectivity index (χ1) is 7.79. The van der Waals surface area contributed by atoms with Crippen molar-refractivity contribution < 1.29 is 0 Å². The second-order valence-electron chi connectivity index (χ2n) is 3.76. The van der Waals surface area contributed by atoms with Crippen LogP contribution in [-0.4, -0.2) is 4.98 Å². The fourth-order valence-corrected chi connectivity index (χ4v) is 2.33. The Hall–Kier alpha value is -1.23. The Labute approximate surface area is 99.3 Å². The van der Waals surface area contributed by atoms with Gasteiger partial charge in [-0.3, -0.25) is 16.3 Å². The van der Waals surface area contributed by atoms with Crippen LogP contribution in [0.1, 0.15) is 23.0 Å². The third kappa shape index (κ3) is 2.66. The van der Waals surface area contributed by atoms with Crippen molar-refractivity contribution in [2.75, 3.05) is 0 Å². The molecule has 84 valence electrons. The van der Waals surface area contributed by atoms with E-state index in [1.54, 1.807) is 11.3 Å². The molecule has 2 aromatic rings. The smallest absolute Gasteiger partial charge is 0.0672 e. The summed E-state index contributed by atoms with van der Waals surface area (Å²) in [5, 5.41) is 4.21. The van der Waals surface area contributed by atoms with Crippen molar-refractivity contribution in [2.45, 2.75) is 19.4 Å². The highest BCUT2D eigenvalue weighted by atomic mass is 32.1. The standard InChI is InChI=1S/C12H15N3S/c1-9-3-2-4-11(14-9)12(15-13)7-10-5-6-16-8-10/h2-6,8,12,15H,7,13H2,1H3. The second kappa shape index (κ2) is 5.21. The van der Waals surface area contributed by atoms with E-state index < -0.39 is 0 Å². The molecular weight excluding hydrogens is 218 g/mol. The lowest BCUT2D eigenvalue weighted by molar-refractivity contribution is 0.538.